The second kappa shape index (κ2) is 9.03. The summed E-state index contributed by atoms with van der Waals surface area (Å²) in [5.74, 6) is 0.426. The molecule has 3 aromatic carbocycles. The van der Waals surface area contributed by atoms with Crippen molar-refractivity contribution in [3.63, 3.8) is 0 Å². The number of fused-ring (bicyclic) bond motifs is 3. The lowest BCUT2D eigenvalue weighted by molar-refractivity contribution is -0.116. The largest absolute Gasteiger partial charge is 0.487 e. The van der Waals surface area contributed by atoms with E-state index >= 15 is 0 Å². The molecule has 6 aromatic rings. The van der Waals surface area contributed by atoms with E-state index in [1.807, 2.05) is 94.2 Å². The molecule has 1 amide bonds. The predicted octanol–water partition coefficient (Wildman–Crippen LogP) is 5.02. The van der Waals surface area contributed by atoms with Crippen molar-refractivity contribution in [2.75, 3.05) is 5.32 Å². The van der Waals surface area contributed by atoms with Crippen LogP contribution in [0.2, 0.25) is 0 Å². The van der Waals surface area contributed by atoms with Gasteiger partial charge in [-0.1, -0.05) is 36.4 Å². The summed E-state index contributed by atoms with van der Waals surface area (Å²) in [5, 5.41) is 4.14. The van der Waals surface area contributed by atoms with Gasteiger partial charge in [0.05, 0.1) is 16.7 Å². The number of nitrogens with zero attached hydrogens (tertiary/aromatic N) is 3. The summed E-state index contributed by atoms with van der Waals surface area (Å²) < 4.78 is 9.75. The van der Waals surface area contributed by atoms with Gasteiger partial charge in [-0.3, -0.25) is 9.59 Å². The van der Waals surface area contributed by atoms with E-state index in [1.165, 1.54) is 0 Å². The SMILES string of the molecule is O=C(Cn1c2ccccc2c(=O)c2ccccc21)Nc1cccc(OCc2cn3ccccc3n2)c1. The molecular formula is C29H22N4O3. The molecule has 0 saturated heterocycles. The number of carbonyl (C=O) groups excluding carboxylic acids is 1. The highest BCUT2D eigenvalue weighted by Crippen LogP contribution is 2.21. The predicted molar refractivity (Wildman–Crippen MR) is 140 cm³/mol. The Morgan fingerprint density at radius 1 is 0.861 bits per heavy atom. The van der Waals surface area contributed by atoms with Gasteiger partial charge in [0.2, 0.25) is 5.91 Å². The van der Waals surface area contributed by atoms with E-state index in [2.05, 4.69) is 10.3 Å². The van der Waals surface area contributed by atoms with Crippen molar-refractivity contribution in [3.8, 4) is 5.75 Å². The van der Waals surface area contributed by atoms with Crippen LogP contribution in [0.1, 0.15) is 5.69 Å². The van der Waals surface area contributed by atoms with E-state index < -0.39 is 0 Å². The smallest absolute Gasteiger partial charge is 0.244 e. The topological polar surface area (TPSA) is 77.6 Å². The third-order valence-electron chi connectivity index (χ3n) is 6.10. The Hall–Kier alpha value is -4.91. The van der Waals surface area contributed by atoms with Gasteiger partial charge in [-0.05, 0) is 48.5 Å². The van der Waals surface area contributed by atoms with Crippen LogP contribution in [0, 0.1) is 0 Å². The van der Waals surface area contributed by atoms with Crippen molar-refractivity contribution in [1.29, 1.82) is 0 Å². The maximum Gasteiger partial charge on any atom is 0.244 e. The Balaban J connectivity index is 1.21. The van der Waals surface area contributed by atoms with Crippen LogP contribution in [0.3, 0.4) is 0 Å². The molecule has 6 rings (SSSR count). The minimum absolute atomic E-state index is 0.0340. The van der Waals surface area contributed by atoms with Crippen LogP contribution in [0.4, 0.5) is 5.69 Å². The van der Waals surface area contributed by atoms with Crippen molar-refractivity contribution in [1.82, 2.24) is 14.0 Å². The number of ether oxygens (including phenoxy) is 1. The molecule has 0 aliphatic heterocycles. The standard InChI is InChI=1S/C29H22N4O3/c34-28(18-33-25-12-3-1-10-23(25)29(35)24-11-2-4-13-26(24)33)31-20-8-7-9-22(16-20)36-19-21-17-32-15-6-5-14-27(32)30-21/h1-17H,18-19H2,(H,31,34). The zero-order valence-electron chi connectivity index (χ0n) is 19.3. The summed E-state index contributed by atoms with van der Waals surface area (Å²) in [6, 6.07) is 27.8. The molecule has 0 unspecified atom stereocenters. The van der Waals surface area contributed by atoms with E-state index in [4.69, 9.17) is 4.74 Å². The summed E-state index contributed by atoms with van der Waals surface area (Å²) in [5.41, 5.74) is 3.71. The molecule has 3 heterocycles. The highest BCUT2D eigenvalue weighted by atomic mass is 16.5. The fourth-order valence-electron chi connectivity index (χ4n) is 4.47. The molecule has 36 heavy (non-hydrogen) atoms. The molecule has 7 nitrogen and oxygen atoms in total. The zero-order chi connectivity index (χ0) is 24.5. The Labute approximate surface area is 206 Å². The number of pyridine rings is 2. The maximum absolute atomic E-state index is 13.1. The number of amides is 1. The van der Waals surface area contributed by atoms with Gasteiger partial charge < -0.3 is 19.0 Å². The lowest BCUT2D eigenvalue weighted by Crippen LogP contribution is -2.21. The second-order valence-electron chi connectivity index (χ2n) is 8.51. The van der Waals surface area contributed by atoms with E-state index in [0.29, 0.717) is 28.8 Å². The average Bonchev–Trinajstić information content (AvgIpc) is 3.33. The highest BCUT2D eigenvalue weighted by molar-refractivity contribution is 5.97. The average molecular weight is 475 g/mol. The first-order valence-electron chi connectivity index (χ1n) is 11.6. The Bertz CT molecular complexity index is 1710. The first-order chi connectivity index (χ1) is 17.7. The normalized spacial score (nSPS) is 11.2. The lowest BCUT2D eigenvalue weighted by Gasteiger charge is -2.15. The molecular weight excluding hydrogens is 452 g/mol. The quantitative estimate of drug-likeness (QED) is 0.344. The monoisotopic (exact) mass is 474 g/mol. The maximum atomic E-state index is 13.1. The second-order valence-corrected chi connectivity index (χ2v) is 8.51. The number of aromatic nitrogens is 3. The van der Waals surface area contributed by atoms with Crippen LogP contribution in [-0.4, -0.2) is 19.9 Å². The number of hydrogen-bond acceptors (Lipinski definition) is 4. The molecule has 0 aliphatic carbocycles. The molecule has 176 valence electrons. The Morgan fingerprint density at radius 2 is 1.58 bits per heavy atom. The van der Waals surface area contributed by atoms with Crippen molar-refractivity contribution < 1.29 is 9.53 Å². The van der Waals surface area contributed by atoms with E-state index in [-0.39, 0.29) is 17.9 Å². The van der Waals surface area contributed by atoms with E-state index in [0.717, 1.165) is 22.4 Å². The van der Waals surface area contributed by atoms with Crippen molar-refractivity contribution in [3.05, 3.63) is 119 Å². The molecule has 0 atom stereocenters. The van der Waals surface area contributed by atoms with Gasteiger partial charge in [0, 0.05) is 34.9 Å². The van der Waals surface area contributed by atoms with Gasteiger partial charge >= 0.3 is 0 Å². The number of nitrogens with one attached hydrogen (secondary N) is 1. The van der Waals surface area contributed by atoms with E-state index in [1.54, 1.807) is 18.2 Å². The van der Waals surface area contributed by atoms with Gasteiger partial charge in [0.25, 0.3) is 0 Å². The van der Waals surface area contributed by atoms with Crippen LogP contribution in [0.5, 0.6) is 5.75 Å². The first kappa shape index (κ1) is 21.6. The number of benzene rings is 3. The van der Waals surface area contributed by atoms with Gasteiger partial charge in [-0.15, -0.1) is 0 Å². The fourth-order valence-corrected chi connectivity index (χ4v) is 4.47. The summed E-state index contributed by atoms with van der Waals surface area (Å²) in [6.45, 7) is 0.377. The number of para-hydroxylation sites is 2. The van der Waals surface area contributed by atoms with Gasteiger partial charge in [0.1, 0.15) is 24.5 Å². The summed E-state index contributed by atoms with van der Waals surface area (Å²) in [7, 11) is 0. The van der Waals surface area contributed by atoms with Gasteiger partial charge in [-0.25, -0.2) is 4.98 Å². The third-order valence-corrected chi connectivity index (χ3v) is 6.10. The number of imidazole rings is 1. The summed E-state index contributed by atoms with van der Waals surface area (Å²) >= 11 is 0. The minimum Gasteiger partial charge on any atom is -0.487 e. The molecule has 0 saturated carbocycles. The molecule has 7 heteroatoms. The van der Waals surface area contributed by atoms with Crippen molar-refractivity contribution in [2.24, 2.45) is 0 Å². The van der Waals surface area contributed by atoms with Crippen LogP contribution in [-0.2, 0) is 17.9 Å². The Kier molecular flexibility index (Phi) is 5.42. The molecule has 0 spiro atoms. The number of rotatable bonds is 6. The molecule has 0 fully saturated rings. The third kappa shape index (κ3) is 4.07. The van der Waals surface area contributed by atoms with E-state index in [9.17, 15) is 9.59 Å². The molecule has 0 aliphatic rings. The van der Waals surface area contributed by atoms with Crippen molar-refractivity contribution >= 4 is 39.0 Å². The van der Waals surface area contributed by atoms with Gasteiger partial charge in [0.15, 0.2) is 5.43 Å². The lowest BCUT2D eigenvalue weighted by atomic mass is 10.1. The molecule has 0 radical (unpaired) electrons. The Morgan fingerprint density at radius 3 is 2.33 bits per heavy atom. The number of anilines is 1. The first-order valence-corrected chi connectivity index (χ1v) is 11.6. The van der Waals surface area contributed by atoms with Crippen molar-refractivity contribution in [2.45, 2.75) is 13.2 Å². The molecule has 1 N–H and O–H groups in total. The fraction of sp³-hybridized carbons (Fsp3) is 0.0690. The van der Waals surface area contributed by atoms with Gasteiger partial charge in [-0.2, -0.15) is 0 Å². The minimum atomic E-state index is -0.202. The number of carbonyl (C=O) groups is 1. The van der Waals surface area contributed by atoms with Crippen LogP contribution >= 0.6 is 0 Å². The zero-order valence-corrected chi connectivity index (χ0v) is 19.3. The highest BCUT2D eigenvalue weighted by Gasteiger charge is 2.13. The van der Waals surface area contributed by atoms with Crippen LogP contribution in [0.25, 0.3) is 27.5 Å². The van der Waals surface area contributed by atoms with Crippen LogP contribution in [0.15, 0.2) is 108 Å². The molecule has 3 aromatic heterocycles. The summed E-state index contributed by atoms with van der Waals surface area (Å²) in [4.78, 5) is 30.6. The van der Waals surface area contributed by atoms with Crippen LogP contribution < -0.4 is 15.5 Å². The summed E-state index contributed by atoms with van der Waals surface area (Å²) in [6.07, 6.45) is 3.87. The molecule has 0 bridgehead atoms. The number of hydrogen-bond donors (Lipinski definition) is 1.